The molecule has 1 aromatic rings. The average Bonchev–Trinajstić information content (AvgIpc) is 2.74. The number of nitrogens with two attached hydrogens (primary N) is 1. The number of ether oxygens (including phenoxy) is 2. The van der Waals surface area contributed by atoms with Crippen LogP contribution in [0.2, 0.25) is 0 Å². The molecule has 0 bridgehead atoms. The zero-order valence-corrected chi connectivity index (χ0v) is 8.58. The van der Waals surface area contributed by atoms with Crippen LogP contribution < -0.4 is 10.5 Å². The van der Waals surface area contributed by atoms with Crippen LogP contribution in [0.3, 0.4) is 0 Å². The largest absolute Gasteiger partial charge is 0.496 e. The van der Waals surface area contributed by atoms with E-state index in [1.807, 2.05) is 6.07 Å². The summed E-state index contributed by atoms with van der Waals surface area (Å²) in [7, 11) is 1.55. The molecule has 4 heteroatoms. The monoisotopic (exact) mass is 207 g/mol. The zero-order chi connectivity index (χ0) is 10.8. The second-order valence-electron chi connectivity index (χ2n) is 3.40. The van der Waals surface area contributed by atoms with Crippen LogP contribution in [-0.2, 0) is 18.0 Å². The van der Waals surface area contributed by atoms with Gasteiger partial charge in [-0.3, -0.25) is 4.79 Å². The first kappa shape index (κ1) is 10.1. The molecule has 0 spiro atoms. The first-order valence-corrected chi connectivity index (χ1v) is 4.77. The molecular formula is C11H13NO3. The number of methoxy groups -OCH3 is 1. The van der Waals surface area contributed by atoms with Gasteiger partial charge < -0.3 is 15.2 Å². The van der Waals surface area contributed by atoms with Crippen LogP contribution in [0, 0.1) is 0 Å². The fourth-order valence-electron chi connectivity index (χ4n) is 1.81. The summed E-state index contributed by atoms with van der Waals surface area (Å²) in [6, 6.07) is 3.71. The van der Waals surface area contributed by atoms with Crippen molar-refractivity contribution >= 4 is 5.78 Å². The summed E-state index contributed by atoms with van der Waals surface area (Å²) in [6.07, 6.45) is 0. The molecule has 2 rings (SSSR count). The minimum atomic E-state index is -0.103. The van der Waals surface area contributed by atoms with E-state index in [1.54, 1.807) is 13.2 Å². The van der Waals surface area contributed by atoms with Crippen molar-refractivity contribution in [2.24, 2.45) is 5.73 Å². The Morgan fingerprint density at radius 1 is 1.53 bits per heavy atom. The predicted molar refractivity (Wildman–Crippen MR) is 54.9 cm³/mol. The molecule has 0 atom stereocenters. The molecule has 1 aliphatic heterocycles. The maximum absolute atomic E-state index is 11.7. The van der Waals surface area contributed by atoms with Crippen LogP contribution in [0.5, 0.6) is 5.75 Å². The highest BCUT2D eigenvalue weighted by atomic mass is 16.5. The van der Waals surface area contributed by atoms with Gasteiger partial charge in [-0.25, -0.2) is 0 Å². The van der Waals surface area contributed by atoms with Gasteiger partial charge in [-0.15, -0.1) is 0 Å². The van der Waals surface area contributed by atoms with E-state index < -0.39 is 0 Å². The predicted octanol–water partition coefficient (Wildman–Crippen LogP) is 0.867. The molecule has 0 aliphatic carbocycles. The molecule has 0 aromatic heterocycles. The Hall–Kier alpha value is -1.39. The Morgan fingerprint density at radius 2 is 2.33 bits per heavy atom. The van der Waals surface area contributed by atoms with E-state index in [0.717, 1.165) is 11.1 Å². The van der Waals surface area contributed by atoms with Crippen LogP contribution in [0.1, 0.15) is 21.5 Å². The van der Waals surface area contributed by atoms with Gasteiger partial charge in [0.05, 0.1) is 32.4 Å². The summed E-state index contributed by atoms with van der Waals surface area (Å²) < 4.78 is 10.5. The van der Waals surface area contributed by atoms with Crippen molar-refractivity contribution in [3.8, 4) is 5.75 Å². The van der Waals surface area contributed by atoms with Crippen molar-refractivity contribution in [1.29, 1.82) is 0 Å². The molecular weight excluding hydrogens is 194 g/mol. The topological polar surface area (TPSA) is 61.5 Å². The maximum atomic E-state index is 11.7. The normalized spacial score (nSPS) is 13.7. The van der Waals surface area contributed by atoms with Gasteiger partial charge in [0.1, 0.15) is 5.75 Å². The summed E-state index contributed by atoms with van der Waals surface area (Å²) in [6.45, 7) is 1.02. The summed E-state index contributed by atoms with van der Waals surface area (Å²) >= 11 is 0. The van der Waals surface area contributed by atoms with Crippen molar-refractivity contribution in [2.45, 2.75) is 13.2 Å². The Kier molecular flexibility index (Phi) is 2.70. The lowest BCUT2D eigenvalue weighted by Gasteiger charge is -2.10. The van der Waals surface area contributed by atoms with Crippen LogP contribution >= 0.6 is 0 Å². The van der Waals surface area contributed by atoms with Crippen molar-refractivity contribution in [1.82, 2.24) is 0 Å². The molecule has 0 saturated heterocycles. The Morgan fingerprint density at radius 3 is 3.00 bits per heavy atom. The number of hydrogen-bond donors (Lipinski definition) is 1. The SMILES string of the molecule is COc1ccc2c(c1C(=O)CN)COC2. The molecule has 1 aromatic carbocycles. The Balaban J connectivity index is 2.57. The second kappa shape index (κ2) is 4.00. The summed E-state index contributed by atoms with van der Waals surface area (Å²) in [5.74, 6) is 0.476. The molecule has 15 heavy (non-hydrogen) atoms. The number of benzene rings is 1. The van der Waals surface area contributed by atoms with E-state index in [0.29, 0.717) is 24.5 Å². The first-order valence-electron chi connectivity index (χ1n) is 4.77. The molecule has 2 N–H and O–H groups in total. The number of ketones is 1. The van der Waals surface area contributed by atoms with Crippen LogP contribution in [0.4, 0.5) is 0 Å². The van der Waals surface area contributed by atoms with Crippen LogP contribution in [0.15, 0.2) is 12.1 Å². The molecule has 0 radical (unpaired) electrons. The van der Waals surface area contributed by atoms with E-state index in [9.17, 15) is 4.79 Å². The van der Waals surface area contributed by atoms with Crippen molar-refractivity contribution < 1.29 is 14.3 Å². The van der Waals surface area contributed by atoms with E-state index >= 15 is 0 Å². The number of hydrogen-bond acceptors (Lipinski definition) is 4. The standard InChI is InChI=1S/C11H13NO3/c1-14-10-3-2-7-5-15-6-8(7)11(10)9(13)4-12/h2-3H,4-6,12H2,1H3. The van der Waals surface area contributed by atoms with Gasteiger partial charge in [0.25, 0.3) is 0 Å². The van der Waals surface area contributed by atoms with Crippen LogP contribution in [0.25, 0.3) is 0 Å². The molecule has 1 heterocycles. The van der Waals surface area contributed by atoms with Crippen LogP contribution in [-0.4, -0.2) is 19.4 Å². The summed E-state index contributed by atoms with van der Waals surface area (Å²) in [5.41, 5.74) is 7.92. The minimum Gasteiger partial charge on any atom is -0.496 e. The van der Waals surface area contributed by atoms with Crippen molar-refractivity contribution in [3.63, 3.8) is 0 Å². The van der Waals surface area contributed by atoms with E-state index in [1.165, 1.54) is 0 Å². The third-order valence-corrected chi connectivity index (χ3v) is 2.56. The van der Waals surface area contributed by atoms with E-state index in [-0.39, 0.29) is 12.3 Å². The maximum Gasteiger partial charge on any atom is 0.180 e. The fraction of sp³-hybridized carbons (Fsp3) is 0.364. The highest BCUT2D eigenvalue weighted by molar-refractivity contribution is 6.01. The minimum absolute atomic E-state index is 0.00713. The smallest absolute Gasteiger partial charge is 0.180 e. The van der Waals surface area contributed by atoms with E-state index in [2.05, 4.69) is 0 Å². The second-order valence-corrected chi connectivity index (χ2v) is 3.40. The summed E-state index contributed by atoms with van der Waals surface area (Å²) in [5, 5.41) is 0. The highest BCUT2D eigenvalue weighted by Crippen LogP contribution is 2.30. The number of carbonyl (C=O) groups is 1. The molecule has 0 fully saturated rings. The lowest BCUT2D eigenvalue weighted by molar-refractivity contribution is 0.0992. The van der Waals surface area contributed by atoms with Crippen molar-refractivity contribution in [3.05, 3.63) is 28.8 Å². The molecule has 1 aliphatic rings. The molecule has 80 valence electrons. The number of rotatable bonds is 3. The van der Waals surface area contributed by atoms with Gasteiger partial charge in [0.2, 0.25) is 0 Å². The average molecular weight is 207 g/mol. The van der Waals surface area contributed by atoms with Gasteiger partial charge in [-0.2, -0.15) is 0 Å². The quantitative estimate of drug-likeness (QED) is 0.747. The lowest BCUT2D eigenvalue weighted by atomic mass is 9.99. The molecule has 0 amide bonds. The number of fused-ring (bicyclic) bond motifs is 1. The Labute approximate surface area is 88.0 Å². The first-order chi connectivity index (χ1) is 7.27. The van der Waals surface area contributed by atoms with Gasteiger partial charge in [-0.05, 0) is 17.2 Å². The van der Waals surface area contributed by atoms with Crippen molar-refractivity contribution in [2.75, 3.05) is 13.7 Å². The molecule has 0 unspecified atom stereocenters. The van der Waals surface area contributed by atoms with Gasteiger partial charge in [0, 0.05) is 0 Å². The van der Waals surface area contributed by atoms with Gasteiger partial charge in [0.15, 0.2) is 5.78 Å². The van der Waals surface area contributed by atoms with Gasteiger partial charge in [-0.1, -0.05) is 6.07 Å². The van der Waals surface area contributed by atoms with Gasteiger partial charge >= 0.3 is 0 Å². The van der Waals surface area contributed by atoms with E-state index in [4.69, 9.17) is 15.2 Å². The third-order valence-electron chi connectivity index (χ3n) is 2.56. The third kappa shape index (κ3) is 1.62. The number of Topliss-reactive ketones (excluding diaryl/α,β-unsaturated/α-hetero) is 1. The lowest BCUT2D eigenvalue weighted by Crippen LogP contribution is -2.16. The molecule has 0 saturated carbocycles. The molecule has 4 nitrogen and oxygen atoms in total. The fourth-order valence-corrected chi connectivity index (χ4v) is 1.81. The zero-order valence-electron chi connectivity index (χ0n) is 8.58. The summed E-state index contributed by atoms with van der Waals surface area (Å²) in [4.78, 5) is 11.7. The Bertz CT molecular complexity index is 401. The number of carbonyl (C=O) groups excluding carboxylic acids is 1. The highest BCUT2D eigenvalue weighted by Gasteiger charge is 2.22.